The molecule has 2 nitrogen and oxygen atoms in total. The summed E-state index contributed by atoms with van der Waals surface area (Å²) in [6.07, 6.45) is 2.13. The van der Waals surface area contributed by atoms with Gasteiger partial charge in [0.2, 0.25) is 0 Å². The largest absolute Gasteiger partial charge is 0.302 e. The highest BCUT2D eigenvalue weighted by atomic mass is 15.1. The van der Waals surface area contributed by atoms with Gasteiger partial charge in [-0.2, -0.15) is 5.26 Å². The minimum absolute atomic E-state index is 0.598. The number of hydrogen-bond acceptors (Lipinski definition) is 2. The Morgan fingerprint density at radius 1 is 1.41 bits per heavy atom. The van der Waals surface area contributed by atoms with Crippen LogP contribution in [-0.4, -0.2) is 18.5 Å². The number of likely N-dealkylation sites (N-methyl/N-ethyl adjacent to an activating group) is 1. The van der Waals surface area contributed by atoms with Crippen LogP contribution in [-0.2, 0) is 19.4 Å². The first-order chi connectivity index (χ1) is 8.11. The molecule has 0 atom stereocenters. The summed E-state index contributed by atoms with van der Waals surface area (Å²) < 4.78 is 0. The Morgan fingerprint density at radius 2 is 2.18 bits per heavy atom. The topological polar surface area (TPSA) is 27.0 Å². The van der Waals surface area contributed by atoms with E-state index in [9.17, 15) is 5.26 Å². The third kappa shape index (κ3) is 2.50. The van der Waals surface area contributed by atoms with Crippen molar-refractivity contribution in [3.8, 4) is 6.07 Å². The number of nitrogens with zero attached hydrogens (tertiary/aromatic N) is 2. The molecule has 1 aromatic rings. The van der Waals surface area contributed by atoms with E-state index in [0.717, 1.165) is 31.5 Å². The molecule has 0 N–H and O–H groups in total. The van der Waals surface area contributed by atoms with Crippen LogP contribution in [0.1, 0.15) is 36.1 Å². The predicted molar refractivity (Wildman–Crippen MR) is 69.7 cm³/mol. The summed E-state index contributed by atoms with van der Waals surface area (Å²) in [6, 6.07) is 6.49. The SMILES string of the molecule is CC(C)Cc1c(C#N)ccc2c1CN(C)CC2. The summed E-state index contributed by atoms with van der Waals surface area (Å²) >= 11 is 0. The van der Waals surface area contributed by atoms with Gasteiger partial charge in [-0.3, -0.25) is 0 Å². The summed E-state index contributed by atoms with van der Waals surface area (Å²) in [6.45, 7) is 6.55. The van der Waals surface area contributed by atoms with Crippen LogP contribution < -0.4 is 0 Å². The van der Waals surface area contributed by atoms with Crippen LogP contribution in [0.5, 0.6) is 0 Å². The van der Waals surface area contributed by atoms with E-state index < -0.39 is 0 Å². The Bertz CT molecular complexity index is 455. The van der Waals surface area contributed by atoms with Gasteiger partial charge in [-0.15, -0.1) is 0 Å². The highest BCUT2D eigenvalue weighted by Crippen LogP contribution is 2.26. The van der Waals surface area contributed by atoms with Crippen molar-refractivity contribution >= 4 is 0 Å². The van der Waals surface area contributed by atoms with Crippen LogP contribution in [0, 0.1) is 17.2 Å². The van der Waals surface area contributed by atoms with Crippen molar-refractivity contribution in [2.75, 3.05) is 13.6 Å². The zero-order valence-electron chi connectivity index (χ0n) is 11.0. The maximum atomic E-state index is 9.24. The van der Waals surface area contributed by atoms with Gasteiger partial charge in [0.05, 0.1) is 11.6 Å². The minimum Gasteiger partial charge on any atom is -0.302 e. The Balaban J connectivity index is 2.48. The lowest BCUT2D eigenvalue weighted by atomic mass is 9.87. The molecule has 0 amide bonds. The zero-order chi connectivity index (χ0) is 12.4. The van der Waals surface area contributed by atoms with Crippen LogP contribution in [0.2, 0.25) is 0 Å². The maximum absolute atomic E-state index is 9.24. The molecule has 0 bridgehead atoms. The Labute approximate surface area is 104 Å². The average Bonchev–Trinajstić information content (AvgIpc) is 2.29. The molecule has 1 aliphatic heterocycles. The molecule has 0 fully saturated rings. The number of benzene rings is 1. The normalized spacial score (nSPS) is 15.7. The van der Waals surface area contributed by atoms with Gasteiger partial charge in [-0.1, -0.05) is 19.9 Å². The van der Waals surface area contributed by atoms with Gasteiger partial charge in [0, 0.05) is 13.1 Å². The molecule has 0 aromatic heterocycles. The second-order valence-electron chi connectivity index (χ2n) is 5.43. The van der Waals surface area contributed by atoms with E-state index in [-0.39, 0.29) is 0 Å². The Morgan fingerprint density at radius 3 is 2.82 bits per heavy atom. The molecule has 2 heteroatoms. The van der Waals surface area contributed by atoms with E-state index in [1.54, 1.807) is 0 Å². The molecule has 1 aliphatic rings. The predicted octanol–water partition coefficient (Wildman–Crippen LogP) is 2.74. The summed E-state index contributed by atoms with van der Waals surface area (Å²) in [5.41, 5.74) is 5.00. The zero-order valence-corrected chi connectivity index (χ0v) is 11.0. The quantitative estimate of drug-likeness (QED) is 0.778. The molecule has 1 heterocycles. The Kier molecular flexibility index (Phi) is 3.49. The van der Waals surface area contributed by atoms with Gasteiger partial charge in [0.15, 0.2) is 0 Å². The van der Waals surface area contributed by atoms with E-state index in [2.05, 4.69) is 37.9 Å². The van der Waals surface area contributed by atoms with Gasteiger partial charge in [-0.25, -0.2) is 0 Å². The first kappa shape index (κ1) is 12.1. The second-order valence-corrected chi connectivity index (χ2v) is 5.43. The summed E-state index contributed by atoms with van der Waals surface area (Å²) in [4.78, 5) is 2.34. The summed E-state index contributed by atoms with van der Waals surface area (Å²) in [5, 5.41) is 9.24. The lowest BCUT2D eigenvalue weighted by molar-refractivity contribution is 0.311. The van der Waals surface area contributed by atoms with E-state index >= 15 is 0 Å². The first-order valence-electron chi connectivity index (χ1n) is 6.34. The molecule has 0 aliphatic carbocycles. The average molecular weight is 228 g/mol. The third-order valence-electron chi connectivity index (χ3n) is 3.45. The monoisotopic (exact) mass is 228 g/mol. The summed E-state index contributed by atoms with van der Waals surface area (Å²) in [5.74, 6) is 0.598. The first-order valence-corrected chi connectivity index (χ1v) is 6.34. The molecule has 0 spiro atoms. The lowest BCUT2D eigenvalue weighted by Crippen LogP contribution is -2.28. The number of nitriles is 1. The molecule has 0 radical (unpaired) electrons. The van der Waals surface area contributed by atoms with Crippen molar-refractivity contribution in [3.63, 3.8) is 0 Å². The molecule has 1 aromatic carbocycles. The van der Waals surface area contributed by atoms with Gasteiger partial charge < -0.3 is 4.90 Å². The lowest BCUT2D eigenvalue weighted by Gasteiger charge is -2.28. The van der Waals surface area contributed by atoms with E-state index in [0.29, 0.717) is 5.92 Å². The van der Waals surface area contributed by atoms with Gasteiger partial charge in [0.25, 0.3) is 0 Å². The van der Waals surface area contributed by atoms with Crippen LogP contribution in [0.3, 0.4) is 0 Å². The number of hydrogen-bond donors (Lipinski definition) is 0. The van der Waals surface area contributed by atoms with Crippen molar-refractivity contribution in [2.45, 2.75) is 33.2 Å². The maximum Gasteiger partial charge on any atom is 0.0994 e. The highest BCUT2D eigenvalue weighted by Gasteiger charge is 2.19. The Hall–Kier alpha value is -1.33. The van der Waals surface area contributed by atoms with E-state index in [4.69, 9.17) is 0 Å². The minimum atomic E-state index is 0.598. The van der Waals surface area contributed by atoms with E-state index in [1.165, 1.54) is 16.7 Å². The van der Waals surface area contributed by atoms with Crippen molar-refractivity contribution in [1.82, 2.24) is 4.90 Å². The molecule has 90 valence electrons. The fourth-order valence-electron chi connectivity index (χ4n) is 2.58. The van der Waals surface area contributed by atoms with Crippen molar-refractivity contribution in [1.29, 1.82) is 5.26 Å². The van der Waals surface area contributed by atoms with Gasteiger partial charge in [0.1, 0.15) is 0 Å². The molecule has 0 saturated carbocycles. The van der Waals surface area contributed by atoms with Crippen LogP contribution >= 0.6 is 0 Å². The number of fused-ring (bicyclic) bond motifs is 1. The molecule has 17 heavy (non-hydrogen) atoms. The molecule has 0 saturated heterocycles. The smallest absolute Gasteiger partial charge is 0.0994 e. The second kappa shape index (κ2) is 4.89. The molecular formula is C15H20N2. The van der Waals surface area contributed by atoms with E-state index in [1.807, 2.05) is 6.07 Å². The van der Waals surface area contributed by atoms with Crippen molar-refractivity contribution < 1.29 is 0 Å². The fourth-order valence-corrected chi connectivity index (χ4v) is 2.58. The molecular weight excluding hydrogens is 208 g/mol. The van der Waals surface area contributed by atoms with Gasteiger partial charge in [-0.05, 0) is 48.6 Å². The molecule has 2 rings (SSSR count). The van der Waals surface area contributed by atoms with Gasteiger partial charge >= 0.3 is 0 Å². The van der Waals surface area contributed by atoms with Crippen molar-refractivity contribution in [3.05, 3.63) is 34.4 Å². The fraction of sp³-hybridized carbons (Fsp3) is 0.533. The standard InChI is InChI=1S/C15H20N2/c1-11(2)8-14-13(9-16)5-4-12-6-7-17(3)10-15(12)14/h4-5,11H,6-8,10H2,1-3H3. The van der Waals surface area contributed by atoms with Crippen LogP contribution in [0.4, 0.5) is 0 Å². The molecule has 0 unspecified atom stereocenters. The number of rotatable bonds is 2. The highest BCUT2D eigenvalue weighted by molar-refractivity contribution is 5.48. The summed E-state index contributed by atoms with van der Waals surface area (Å²) in [7, 11) is 2.15. The van der Waals surface area contributed by atoms with Crippen LogP contribution in [0.25, 0.3) is 0 Å². The van der Waals surface area contributed by atoms with Crippen molar-refractivity contribution in [2.24, 2.45) is 5.92 Å². The third-order valence-corrected chi connectivity index (χ3v) is 3.45. The van der Waals surface area contributed by atoms with Crippen LogP contribution in [0.15, 0.2) is 12.1 Å².